The SMILES string of the molecule is CCOC(=O)c1cc(-c2ccc(/C=N\NC(=O)Cc3ccc(CC)cc3)o2)ccc1Cl. The summed E-state index contributed by atoms with van der Waals surface area (Å²) in [5, 5.41) is 4.26. The zero-order valence-electron chi connectivity index (χ0n) is 17.4. The monoisotopic (exact) mass is 438 g/mol. The number of benzene rings is 2. The van der Waals surface area contributed by atoms with Gasteiger partial charge in [0.2, 0.25) is 5.91 Å². The first kappa shape index (κ1) is 22.3. The molecule has 3 rings (SSSR count). The van der Waals surface area contributed by atoms with E-state index in [2.05, 4.69) is 17.5 Å². The van der Waals surface area contributed by atoms with Crippen molar-refractivity contribution in [3.05, 3.63) is 82.1 Å². The van der Waals surface area contributed by atoms with Crippen LogP contribution in [-0.2, 0) is 22.4 Å². The van der Waals surface area contributed by atoms with Crippen molar-refractivity contribution in [3.8, 4) is 11.3 Å². The second-order valence-electron chi connectivity index (χ2n) is 6.76. The lowest BCUT2D eigenvalue weighted by Gasteiger charge is -2.05. The number of carbonyl (C=O) groups excluding carboxylic acids is 2. The summed E-state index contributed by atoms with van der Waals surface area (Å²) >= 11 is 6.10. The third-order valence-electron chi connectivity index (χ3n) is 4.55. The van der Waals surface area contributed by atoms with E-state index in [1.807, 2.05) is 24.3 Å². The van der Waals surface area contributed by atoms with E-state index in [1.165, 1.54) is 11.8 Å². The lowest BCUT2D eigenvalue weighted by Crippen LogP contribution is -2.19. The van der Waals surface area contributed by atoms with E-state index < -0.39 is 5.97 Å². The van der Waals surface area contributed by atoms with Crippen molar-refractivity contribution in [2.75, 3.05) is 6.61 Å². The van der Waals surface area contributed by atoms with Crippen LogP contribution in [0.3, 0.4) is 0 Å². The molecule has 1 aromatic heterocycles. The maximum Gasteiger partial charge on any atom is 0.339 e. The fourth-order valence-corrected chi connectivity index (χ4v) is 3.10. The number of carbonyl (C=O) groups is 2. The molecule has 0 saturated carbocycles. The van der Waals surface area contributed by atoms with Gasteiger partial charge in [-0.05, 0) is 54.8 Å². The van der Waals surface area contributed by atoms with Gasteiger partial charge in [0.05, 0.1) is 29.8 Å². The minimum absolute atomic E-state index is 0.218. The van der Waals surface area contributed by atoms with E-state index in [9.17, 15) is 9.59 Å². The lowest BCUT2D eigenvalue weighted by atomic mass is 10.1. The number of amides is 1. The second kappa shape index (κ2) is 10.6. The Labute approximate surface area is 185 Å². The van der Waals surface area contributed by atoms with Crippen molar-refractivity contribution in [1.29, 1.82) is 0 Å². The number of ether oxygens (including phenoxy) is 1. The third-order valence-corrected chi connectivity index (χ3v) is 4.88. The number of nitrogens with one attached hydrogen (secondary N) is 1. The van der Waals surface area contributed by atoms with Gasteiger partial charge in [0, 0.05) is 5.56 Å². The Kier molecular flexibility index (Phi) is 7.62. The van der Waals surface area contributed by atoms with Gasteiger partial charge < -0.3 is 9.15 Å². The Hall–Kier alpha value is -3.38. The maximum atomic E-state index is 12.1. The summed E-state index contributed by atoms with van der Waals surface area (Å²) in [5.74, 6) is 0.278. The van der Waals surface area contributed by atoms with E-state index in [1.54, 1.807) is 37.3 Å². The molecule has 0 aliphatic rings. The zero-order valence-corrected chi connectivity index (χ0v) is 18.1. The first-order valence-corrected chi connectivity index (χ1v) is 10.3. The molecule has 160 valence electrons. The van der Waals surface area contributed by atoms with Gasteiger partial charge in [0.1, 0.15) is 11.5 Å². The van der Waals surface area contributed by atoms with E-state index in [0.29, 0.717) is 22.1 Å². The average Bonchev–Trinajstić information content (AvgIpc) is 3.23. The zero-order chi connectivity index (χ0) is 22.2. The van der Waals surface area contributed by atoms with Crippen molar-refractivity contribution >= 4 is 29.7 Å². The van der Waals surface area contributed by atoms with Crippen LogP contribution in [0.2, 0.25) is 5.02 Å². The molecule has 0 saturated heterocycles. The van der Waals surface area contributed by atoms with Crippen LogP contribution in [0, 0.1) is 0 Å². The number of hydrazone groups is 1. The minimum atomic E-state index is -0.491. The van der Waals surface area contributed by atoms with Gasteiger partial charge in [-0.2, -0.15) is 5.10 Å². The highest BCUT2D eigenvalue weighted by molar-refractivity contribution is 6.33. The summed E-state index contributed by atoms with van der Waals surface area (Å²) in [6.45, 7) is 4.08. The number of rotatable bonds is 8. The number of halogens is 1. The fraction of sp³-hybridized carbons (Fsp3) is 0.208. The molecule has 0 radical (unpaired) electrons. The molecule has 6 nitrogen and oxygen atoms in total. The molecule has 1 amide bonds. The van der Waals surface area contributed by atoms with Crippen LogP contribution in [-0.4, -0.2) is 24.7 Å². The highest BCUT2D eigenvalue weighted by Crippen LogP contribution is 2.27. The molecule has 0 bridgehead atoms. The van der Waals surface area contributed by atoms with Gasteiger partial charge in [-0.25, -0.2) is 10.2 Å². The molecule has 3 aromatic rings. The standard InChI is InChI=1S/C24H23ClN2O4/c1-3-16-5-7-17(8-6-16)13-23(28)27-26-15-19-10-12-22(31-19)18-9-11-21(25)20(14-18)24(29)30-4-2/h5-12,14-15H,3-4,13H2,1-2H3,(H,27,28)/b26-15-. The van der Waals surface area contributed by atoms with Crippen LogP contribution in [0.25, 0.3) is 11.3 Å². The summed E-state index contributed by atoms with van der Waals surface area (Å²) in [4.78, 5) is 24.1. The number of aryl methyl sites for hydroxylation is 1. The van der Waals surface area contributed by atoms with Crippen molar-refractivity contribution in [1.82, 2.24) is 5.43 Å². The Bertz CT molecular complexity index is 1090. The minimum Gasteiger partial charge on any atom is -0.462 e. The van der Waals surface area contributed by atoms with Gasteiger partial charge in [0.15, 0.2) is 0 Å². The van der Waals surface area contributed by atoms with Gasteiger partial charge in [-0.3, -0.25) is 4.79 Å². The average molecular weight is 439 g/mol. The molecule has 0 aliphatic carbocycles. The highest BCUT2D eigenvalue weighted by atomic mass is 35.5. The molecule has 1 heterocycles. The predicted molar refractivity (Wildman–Crippen MR) is 120 cm³/mol. The van der Waals surface area contributed by atoms with Crippen LogP contribution in [0.15, 0.2) is 64.1 Å². The van der Waals surface area contributed by atoms with E-state index >= 15 is 0 Å². The van der Waals surface area contributed by atoms with Crippen LogP contribution in [0.5, 0.6) is 0 Å². The number of hydrogen-bond acceptors (Lipinski definition) is 5. The molecule has 0 unspecified atom stereocenters. The van der Waals surface area contributed by atoms with Crippen molar-refractivity contribution < 1.29 is 18.7 Å². The van der Waals surface area contributed by atoms with E-state index in [4.69, 9.17) is 20.8 Å². The molecule has 0 atom stereocenters. The van der Waals surface area contributed by atoms with Gasteiger partial charge >= 0.3 is 5.97 Å². The summed E-state index contributed by atoms with van der Waals surface area (Å²) < 4.78 is 10.8. The lowest BCUT2D eigenvalue weighted by molar-refractivity contribution is -0.120. The fourth-order valence-electron chi connectivity index (χ4n) is 2.91. The number of furan rings is 1. The Morgan fingerprint density at radius 3 is 2.52 bits per heavy atom. The first-order valence-electron chi connectivity index (χ1n) is 9.96. The van der Waals surface area contributed by atoms with Gasteiger partial charge in [0.25, 0.3) is 0 Å². The number of nitrogens with zero attached hydrogens (tertiary/aromatic N) is 1. The molecule has 1 N–H and O–H groups in total. The summed E-state index contributed by atoms with van der Waals surface area (Å²) in [6.07, 6.45) is 2.62. The topological polar surface area (TPSA) is 80.9 Å². The summed E-state index contributed by atoms with van der Waals surface area (Å²) in [5.41, 5.74) is 5.59. The molecule has 7 heteroatoms. The first-order chi connectivity index (χ1) is 15.0. The smallest absolute Gasteiger partial charge is 0.339 e. The van der Waals surface area contributed by atoms with Crippen LogP contribution >= 0.6 is 11.6 Å². The maximum absolute atomic E-state index is 12.1. The number of hydrogen-bond donors (Lipinski definition) is 1. The highest BCUT2D eigenvalue weighted by Gasteiger charge is 2.14. The van der Waals surface area contributed by atoms with Crippen LogP contribution in [0.1, 0.15) is 41.1 Å². The summed E-state index contributed by atoms with van der Waals surface area (Å²) in [7, 11) is 0. The molecular weight excluding hydrogens is 416 g/mol. The van der Waals surface area contributed by atoms with Gasteiger partial charge in [-0.1, -0.05) is 42.8 Å². The van der Waals surface area contributed by atoms with Crippen LogP contribution in [0.4, 0.5) is 0 Å². The van der Waals surface area contributed by atoms with Crippen molar-refractivity contribution in [2.45, 2.75) is 26.7 Å². The molecule has 2 aromatic carbocycles. The van der Waals surface area contributed by atoms with Crippen molar-refractivity contribution in [2.24, 2.45) is 5.10 Å². The van der Waals surface area contributed by atoms with E-state index in [-0.39, 0.29) is 24.5 Å². The normalized spacial score (nSPS) is 10.9. The predicted octanol–water partition coefficient (Wildman–Crippen LogP) is 5.03. The third kappa shape index (κ3) is 6.06. The quantitative estimate of drug-likeness (QED) is 0.304. The molecule has 0 fully saturated rings. The molecule has 31 heavy (non-hydrogen) atoms. The van der Waals surface area contributed by atoms with E-state index in [0.717, 1.165) is 12.0 Å². The largest absolute Gasteiger partial charge is 0.462 e. The Morgan fingerprint density at radius 2 is 1.81 bits per heavy atom. The molecule has 0 aliphatic heterocycles. The van der Waals surface area contributed by atoms with Crippen molar-refractivity contribution in [3.63, 3.8) is 0 Å². The second-order valence-corrected chi connectivity index (χ2v) is 7.16. The molecule has 0 spiro atoms. The number of esters is 1. The molecular formula is C24H23ClN2O4. The summed E-state index contributed by atoms with van der Waals surface area (Å²) in [6, 6.07) is 16.4. The van der Waals surface area contributed by atoms with Gasteiger partial charge in [-0.15, -0.1) is 0 Å². The van der Waals surface area contributed by atoms with Crippen LogP contribution < -0.4 is 5.43 Å². The Balaban J connectivity index is 1.61. The Morgan fingerprint density at radius 1 is 1.06 bits per heavy atom.